The van der Waals surface area contributed by atoms with Crippen LogP contribution in [0.4, 0.5) is 0 Å². The number of halogens is 1. The molecule has 196 valence electrons. The van der Waals surface area contributed by atoms with E-state index in [1.165, 1.54) is 12.0 Å². The number of nitrogens with one attached hydrogen (secondary N) is 1. The van der Waals surface area contributed by atoms with Crippen molar-refractivity contribution in [2.24, 2.45) is 17.3 Å². The van der Waals surface area contributed by atoms with E-state index < -0.39 is 13.9 Å². The van der Waals surface area contributed by atoms with E-state index in [9.17, 15) is 9.90 Å². The van der Waals surface area contributed by atoms with Crippen molar-refractivity contribution >= 4 is 30.2 Å². The summed E-state index contributed by atoms with van der Waals surface area (Å²) < 4.78 is 6.63. The number of aliphatic hydroxyl groups is 1. The van der Waals surface area contributed by atoms with Crippen molar-refractivity contribution in [3.63, 3.8) is 0 Å². The Morgan fingerprint density at radius 1 is 1.23 bits per heavy atom. The lowest BCUT2D eigenvalue weighted by Crippen LogP contribution is -2.51. The van der Waals surface area contributed by atoms with Gasteiger partial charge < -0.3 is 14.8 Å². The zero-order chi connectivity index (χ0) is 25.6. The van der Waals surface area contributed by atoms with Crippen LogP contribution in [0.2, 0.25) is 18.1 Å². The number of hydrogen-bond acceptors (Lipinski definition) is 3. The quantitative estimate of drug-likeness (QED) is 0.214. The average Bonchev–Trinajstić information content (AvgIpc) is 3.06. The van der Waals surface area contributed by atoms with Crippen LogP contribution in [-0.4, -0.2) is 36.8 Å². The van der Waals surface area contributed by atoms with Crippen molar-refractivity contribution < 1.29 is 14.3 Å². The lowest BCUT2D eigenvalue weighted by Gasteiger charge is -2.53. The maximum atomic E-state index is 11.8. The van der Waals surface area contributed by atoms with Gasteiger partial charge >= 0.3 is 0 Å². The van der Waals surface area contributed by atoms with Gasteiger partial charge in [-0.25, -0.2) is 0 Å². The van der Waals surface area contributed by atoms with Gasteiger partial charge in [0.1, 0.15) is 5.75 Å². The summed E-state index contributed by atoms with van der Waals surface area (Å²) in [5.74, 6) is 2.93. The van der Waals surface area contributed by atoms with Crippen molar-refractivity contribution in [3.8, 4) is 5.75 Å². The van der Waals surface area contributed by atoms with Gasteiger partial charge in [-0.05, 0) is 116 Å². The van der Waals surface area contributed by atoms with Gasteiger partial charge in [0.25, 0.3) is 0 Å². The second kappa shape index (κ2) is 9.79. The zero-order valence-corrected chi connectivity index (χ0v) is 25.3. The fraction of sp³-hybridized carbons (Fsp3) is 0.759. The molecule has 0 saturated heterocycles. The zero-order valence-electron chi connectivity index (χ0n) is 22.7. The van der Waals surface area contributed by atoms with Crippen LogP contribution in [0.25, 0.3) is 0 Å². The third kappa shape index (κ3) is 5.01. The lowest BCUT2D eigenvalue weighted by atomic mass is 9.53. The fourth-order valence-corrected chi connectivity index (χ4v) is 8.47. The third-order valence-corrected chi connectivity index (χ3v) is 15.3. The SMILES string of the molecule is CC(C)(C)[Si](C)(C)Oc1ccc2c(c1)CC[C@@H]1[C@@H]2CC[C@@]2(C)[C@H]1CC[C@@]2(O)CCCNC(=O)CBr. The molecule has 0 aliphatic heterocycles. The van der Waals surface area contributed by atoms with Gasteiger partial charge in [0.2, 0.25) is 14.2 Å². The molecule has 1 aromatic rings. The number of benzene rings is 1. The molecule has 0 unspecified atom stereocenters. The molecule has 2 N–H and O–H groups in total. The third-order valence-electron chi connectivity index (χ3n) is 10.4. The minimum Gasteiger partial charge on any atom is -0.543 e. The van der Waals surface area contributed by atoms with Crippen LogP contribution in [0.15, 0.2) is 18.2 Å². The van der Waals surface area contributed by atoms with E-state index in [1.807, 2.05) is 0 Å². The Bertz CT molecular complexity index is 944. The molecule has 3 aliphatic rings. The first-order valence-corrected chi connectivity index (χ1v) is 17.7. The predicted octanol–water partition coefficient (Wildman–Crippen LogP) is 6.95. The largest absolute Gasteiger partial charge is 0.543 e. The molecule has 6 heteroatoms. The Hall–Kier alpha value is -0.853. The molecular weight excluding hydrogens is 518 g/mol. The molecular formula is C29H46BrNO3Si. The Labute approximate surface area is 222 Å². The van der Waals surface area contributed by atoms with E-state index in [4.69, 9.17) is 4.43 Å². The second-order valence-corrected chi connectivity index (χ2v) is 18.5. The van der Waals surface area contributed by atoms with Crippen LogP contribution in [0, 0.1) is 17.3 Å². The van der Waals surface area contributed by atoms with E-state index >= 15 is 0 Å². The number of amides is 1. The number of rotatable bonds is 7. The molecule has 4 nitrogen and oxygen atoms in total. The van der Waals surface area contributed by atoms with Crippen molar-refractivity contribution in [2.75, 3.05) is 11.9 Å². The summed E-state index contributed by atoms with van der Waals surface area (Å²) >= 11 is 3.20. The van der Waals surface area contributed by atoms with Crippen molar-refractivity contribution in [1.82, 2.24) is 5.32 Å². The topological polar surface area (TPSA) is 58.6 Å². The number of fused-ring (bicyclic) bond motifs is 5. The summed E-state index contributed by atoms with van der Waals surface area (Å²) in [6.45, 7) is 14.5. The summed E-state index contributed by atoms with van der Waals surface area (Å²) in [5.41, 5.74) is 2.40. The van der Waals surface area contributed by atoms with Gasteiger partial charge in [0, 0.05) is 6.54 Å². The van der Waals surface area contributed by atoms with Crippen LogP contribution in [0.5, 0.6) is 5.75 Å². The number of carbonyl (C=O) groups is 1. The highest BCUT2D eigenvalue weighted by Crippen LogP contribution is 2.65. The van der Waals surface area contributed by atoms with Gasteiger partial charge in [-0.1, -0.05) is 49.7 Å². The molecule has 4 rings (SSSR count). The first-order chi connectivity index (χ1) is 16.3. The molecule has 2 saturated carbocycles. The van der Waals surface area contributed by atoms with E-state index in [-0.39, 0.29) is 16.4 Å². The maximum absolute atomic E-state index is 11.8. The monoisotopic (exact) mass is 563 g/mol. The highest BCUT2D eigenvalue weighted by atomic mass is 79.9. The molecule has 0 aromatic heterocycles. The van der Waals surface area contributed by atoms with Gasteiger partial charge in [-0.2, -0.15) is 0 Å². The Kier molecular flexibility index (Phi) is 7.61. The highest BCUT2D eigenvalue weighted by Gasteiger charge is 2.61. The minimum absolute atomic E-state index is 0.0174. The van der Waals surface area contributed by atoms with Crippen LogP contribution < -0.4 is 9.74 Å². The summed E-state index contributed by atoms with van der Waals surface area (Å²) in [7, 11) is -1.85. The number of hydrogen-bond donors (Lipinski definition) is 2. The van der Waals surface area contributed by atoms with Gasteiger partial charge in [0.15, 0.2) is 0 Å². The molecule has 0 heterocycles. The predicted molar refractivity (Wildman–Crippen MR) is 150 cm³/mol. The van der Waals surface area contributed by atoms with E-state index in [0.29, 0.717) is 29.6 Å². The van der Waals surface area contributed by atoms with Gasteiger partial charge in [-0.3, -0.25) is 4.79 Å². The van der Waals surface area contributed by atoms with Gasteiger partial charge in [0.05, 0.1) is 10.9 Å². The first-order valence-electron chi connectivity index (χ1n) is 13.7. The summed E-state index contributed by atoms with van der Waals surface area (Å²) in [4.78, 5) is 11.5. The van der Waals surface area contributed by atoms with Crippen LogP contribution in [0.3, 0.4) is 0 Å². The molecule has 1 amide bonds. The molecule has 0 spiro atoms. The normalized spacial score (nSPS) is 32.4. The van der Waals surface area contributed by atoms with Gasteiger partial charge in [-0.15, -0.1) is 0 Å². The summed E-state index contributed by atoms with van der Waals surface area (Å²) in [5, 5.41) is 15.3. The lowest BCUT2D eigenvalue weighted by molar-refractivity contribution is -0.119. The van der Waals surface area contributed by atoms with Crippen LogP contribution in [-0.2, 0) is 11.2 Å². The average molecular weight is 565 g/mol. The van der Waals surface area contributed by atoms with Crippen molar-refractivity contribution in [2.45, 2.75) is 109 Å². The van der Waals surface area contributed by atoms with Crippen molar-refractivity contribution in [1.29, 1.82) is 0 Å². The van der Waals surface area contributed by atoms with E-state index in [2.05, 4.69) is 80.2 Å². The van der Waals surface area contributed by atoms with Crippen molar-refractivity contribution in [3.05, 3.63) is 29.3 Å². The number of carbonyl (C=O) groups excluding carboxylic acids is 1. The number of aryl methyl sites for hydroxylation is 1. The standard InChI is InChI=1S/C29H46BrNO3Si/c1-27(2,3)35(5,6)34-21-9-11-22-20(18-21)8-10-24-23(22)12-15-28(4)25(24)13-16-29(28,33)14-7-17-31-26(32)19-30/h9,11,18,23-25,33H,7-8,10,12-17,19H2,1-6H3,(H,31,32)/t23-,24-,25+,28+,29+/m1/s1. The minimum atomic E-state index is -1.85. The molecule has 0 radical (unpaired) electrons. The smallest absolute Gasteiger partial charge is 0.250 e. The number of alkyl halides is 1. The molecule has 5 atom stereocenters. The molecule has 1 aromatic carbocycles. The van der Waals surface area contributed by atoms with E-state index in [1.54, 1.807) is 5.56 Å². The summed E-state index contributed by atoms with van der Waals surface area (Å²) in [6.07, 6.45) is 8.24. The maximum Gasteiger partial charge on any atom is 0.250 e. The highest BCUT2D eigenvalue weighted by molar-refractivity contribution is 9.09. The molecule has 35 heavy (non-hydrogen) atoms. The first kappa shape index (κ1) is 27.2. The Morgan fingerprint density at radius 3 is 2.66 bits per heavy atom. The summed E-state index contributed by atoms with van der Waals surface area (Å²) in [6, 6.07) is 6.93. The Morgan fingerprint density at radius 2 is 1.97 bits per heavy atom. The molecule has 2 fully saturated rings. The Balaban J connectivity index is 1.46. The fourth-order valence-electron chi connectivity index (χ4n) is 7.25. The van der Waals surface area contributed by atoms with Crippen LogP contribution in [0.1, 0.15) is 89.7 Å². The molecule has 3 aliphatic carbocycles. The van der Waals surface area contributed by atoms with Crippen LogP contribution >= 0.6 is 15.9 Å². The van der Waals surface area contributed by atoms with E-state index in [0.717, 1.165) is 50.7 Å². The molecule has 0 bridgehead atoms. The second-order valence-electron chi connectivity index (χ2n) is 13.3.